The summed E-state index contributed by atoms with van der Waals surface area (Å²) in [5.41, 5.74) is 3.29. The van der Waals surface area contributed by atoms with Crippen LogP contribution in [0.1, 0.15) is 17.4 Å². The van der Waals surface area contributed by atoms with Crippen LogP contribution in [0.4, 0.5) is 0 Å². The number of aryl methyl sites for hydroxylation is 1. The Morgan fingerprint density at radius 1 is 1.21 bits per heavy atom. The van der Waals surface area contributed by atoms with E-state index >= 15 is 0 Å². The molecule has 0 atom stereocenters. The lowest BCUT2D eigenvalue weighted by molar-refractivity contribution is 0.100. The van der Waals surface area contributed by atoms with Gasteiger partial charge in [0, 0.05) is 36.7 Å². The number of ketones is 1. The Balaban J connectivity index is 2.22. The van der Waals surface area contributed by atoms with Gasteiger partial charge >= 0.3 is 0 Å². The first-order valence-corrected chi connectivity index (χ1v) is 6.05. The van der Waals surface area contributed by atoms with Crippen LogP contribution < -0.4 is 0 Å². The minimum absolute atomic E-state index is 0.00292. The molecule has 2 aromatic heterocycles. The van der Waals surface area contributed by atoms with Crippen molar-refractivity contribution in [2.75, 3.05) is 0 Å². The van der Waals surface area contributed by atoms with Crippen LogP contribution >= 0.6 is 0 Å². The van der Waals surface area contributed by atoms with Crippen molar-refractivity contribution < 1.29 is 4.79 Å². The van der Waals surface area contributed by atoms with Gasteiger partial charge in [0.2, 0.25) is 0 Å². The number of rotatable bonds is 2. The lowest BCUT2D eigenvalue weighted by Crippen LogP contribution is -2.04. The maximum Gasteiger partial charge on any atom is 0.178 e. The van der Waals surface area contributed by atoms with Crippen LogP contribution in [0.15, 0.2) is 42.7 Å². The van der Waals surface area contributed by atoms with Crippen molar-refractivity contribution >= 4 is 16.7 Å². The molecule has 0 N–H and O–H groups in total. The van der Waals surface area contributed by atoms with Crippen molar-refractivity contribution in [2.24, 2.45) is 7.05 Å². The third-order valence-corrected chi connectivity index (χ3v) is 3.17. The molecule has 0 saturated heterocycles. The Labute approximate surface area is 110 Å². The van der Waals surface area contributed by atoms with Crippen molar-refractivity contribution in [2.45, 2.75) is 6.92 Å². The van der Waals surface area contributed by atoms with Crippen LogP contribution in [-0.4, -0.2) is 20.5 Å². The first kappa shape index (κ1) is 11.6. The van der Waals surface area contributed by atoms with E-state index < -0.39 is 0 Å². The third-order valence-electron chi connectivity index (χ3n) is 3.17. The van der Waals surface area contributed by atoms with Crippen LogP contribution in [0.3, 0.4) is 0 Å². The maximum atomic E-state index is 11.7. The summed E-state index contributed by atoms with van der Waals surface area (Å²) in [6.45, 7) is 1.55. The van der Waals surface area contributed by atoms with Gasteiger partial charge in [-0.1, -0.05) is 18.2 Å². The molecule has 4 nitrogen and oxygen atoms in total. The average molecular weight is 251 g/mol. The first-order valence-electron chi connectivity index (χ1n) is 6.05. The monoisotopic (exact) mass is 251 g/mol. The van der Waals surface area contributed by atoms with E-state index in [-0.39, 0.29) is 5.78 Å². The summed E-state index contributed by atoms with van der Waals surface area (Å²) in [6, 6.07) is 9.94. The summed E-state index contributed by atoms with van der Waals surface area (Å²) in [5, 5.41) is 5.22. The maximum absolute atomic E-state index is 11.7. The summed E-state index contributed by atoms with van der Waals surface area (Å²) >= 11 is 0. The summed E-state index contributed by atoms with van der Waals surface area (Å²) < 4.78 is 1.60. The van der Waals surface area contributed by atoms with E-state index in [1.165, 1.54) is 0 Å². The molecule has 19 heavy (non-hydrogen) atoms. The van der Waals surface area contributed by atoms with Gasteiger partial charge in [0.25, 0.3) is 0 Å². The second-order valence-electron chi connectivity index (χ2n) is 4.50. The minimum Gasteiger partial charge on any atom is -0.293 e. The van der Waals surface area contributed by atoms with Crippen molar-refractivity contribution in [1.29, 1.82) is 0 Å². The van der Waals surface area contributed by atoms with Crippen molar-refractivity contribution in [3.05, 3.63) is 48.4 Å². The van der Waals surface area contributed by atoms with E-state index in [0.29, 0.717) is 5.69 Å². The molecule has 0 aliphatic carbocycles. The Morgan fingerprint density at radius 3 is 2.79 bits per heavy atom. The van der Waals surface area contributed by atoms with Gasteiger partial charge in [-0.15, -0.1) is 0 Å². The zero-order valence-electron chi connectivity index (χ0n) is 10.8. The summed E-state index contributed by atoms with van der Waals surface area (Å²) in [6.07, 6.45) is 3.49. The van der Waals surface area contributed by atoms with E-state index in [2.05, 4.69) is 10.1 Å². The molecule has 0 saturated carbocycles. The fourth-order valence-electron chi connectivity index (χ4n) is 2.28. The number of hydrogen-bond donors (Lipinski definition) is 0. The van der Waals surface area contributed by atoms with Crippen LogP contribution in [0.25, 0.3) is 22.0 Å². The van der Waals surface area contributed by atoms with E-state index in [1.807, 2.05) is 30.3 Å². The van der Waals surface area contributed by atoms with E-state index in [1.54, 1.807) is 31.0 Å². The molecule has 0 fully saturated rings. The number of aromatic nitrogens is 3. The number of pyridine rings is 1. The zero-order chi connectivity index (χ0) is 13.4. The number of hydrogen-bond acceptors (Lipinski definition) is 3. The smallest absolute Gasteiger partial charge is 0.178 e. The highest BCUT2D eigenvalue weighted by molar-refractivity contribution is 5.99. The molecule has 4 heteroatoms. The Morgan fingerprint density at radius 2 is 2.00 bits per heavy atom. The van der Waals surface area contributed by atoms with Gasteiger partial charge in [0.15, 0.2) is 5.78 Å². The van der Waals surface area contributed by atoms with Crippen LogP contribution in [0.5, 0.6) is 0 Å². The molecule has 0 aliphatic rings. The molecule has 3 rings (SSSR count). The molecular formula is C15H13N3O. The fourth-order valence-corrected chi connectivity index (χ4v) is 2.28. The Bertz CT molecular complexity index is 774. The number of carbonyl (C=O) groups is 1. The highest BCUT2D eigenvalue weighted by Gasteiger charge is 2.15. The number of benzene rings is 1. The topological polar surface area (TPSA) is 47.8 Å². The van der Waals surface area contributed by atoms with Crippen molar-refractivity contribution in [3.8, 4) is 11.1 Å². The van der Waals surface area contributed by atoms with E-state index in [4.69, 9.17) is 0 Å². The van der Waals surface area contributed by atoms with Crippen molar-refractivity contribution in [3.63, 3.8) is 0 Å². The standard InChI is InChI=1S/C15H13N3O/c1-10(19)15-13(9-17-18(15)2)12-7-11-5-3-4-6-14(11)16-8-12/h3-9H,1-2H3. The third kappa shape index (κ3) is 1.91. The normalized spacial score (nSPS) is 10.8. The molecule has 0 spiro atoms. The molecule has 2 heterocycles. The first-order chi connectivity index (χ1) is 9.16. The Hall–Kier alpha value is -2.49. The summed E-state index contributed by atoms with van der Waals surface area (Å²) in [7, 11) is 1.77. The number of fused-ring (bicyclic) bond motifs is 1. The summed E-state index contributed by atoms with van der Waals surface area (Å²) in [5.74, 6) is 0.00292. The molecule has 3 aromatic rings. The predicted octanol–water partition coefficient (Wildman–Crippen LogP) is 2.84. The van der Waals surface area contributed by atoms with E-state index in [0.717, 1.165) is 22.0 Å². The van der Waals surface area contributed by atoms with Crippen LogP contribution in [0, 0.1) is 0 Å². The lowest BCUT2D eigenvalue weighted by atomic mass is 10.0. The minimum atomic E-state index is 0.00292. The second-order valence-corrected chi connectivity index (χ2v) is 4.50. The van der Waals surface area contributed by atoms with Crippen LogP contribution in [0.2, 0.25) is 0 Å². The highest BCUT2D eigenvalue weighted by atomic mass is 16.1. The number of Topliss-reactive ketones (excluding diaryl/α,β-unsaturated/α-hetero) is 1. The van der Waals surface area contributed by atoms with Crippen molar-refractivity contribution in [1.82, 2.24) is 14.8 Å². The van der Waals surface area contributed by atoms with Gasteiger partial charge < -0.3 is 0 Å². The fraction of sp³-hybridized carbons (Fsp3) is 0.133. The zero-order valence-corrected chi connectivity index (χ0v) is 10.8. The lowest BCUT2D eigenvalue weighted by Gasteiger charge is -2.04. The highest BCUT2D eigenvalue weighted by Crippen LogP contribution is 2.25. The van der Waals surface area contributed by atoms with Gasteiger partial charge in [0.05, 0.1) is 11.7 Å². The molecule has 1 aromatic carbocycles. The molecule has 94 valence electrons. The molecular weight excluding hydrogens is 238 g/mol. The van der Waals surface area contributed by atoms with Gasteiger partial charge in [0.1, 0.15) is 5.69 Å². The molecule has 0 radical (unpaired) electrons. The van der Waals surface area contributed by atoms with Gasteiger partial charge in [-0.2, -0.15) is 5.10 Å². The van der Waals surface area contributed by atoms with Gasteiger partial charge in [-0.3, -0.25) is 14.5 Å². The second kappa shape index (κ2) is 4.31. The predicted molar refractivity (Wildman–Crippen MR) is 73.9 cm³/mol. The van der Waals surface area contributed by atoms with Gasteiger partial charge in [-0.25, -0.2) is 0 Å². The number of para-hydroxylation sites is 1. The molecule has 0 unspecified atom stereocenters. The number of nitrogens with zero attached hydrogens (tertiary/aromatic N) is 3. The van der Waals surface area contributed by atoms with Gasteiger partial charge in [-0.05, 0) is 12.1 Å². The molecule has 0 bridgehead atoms. The average Bonchev–Trinajstić information content (AvgIpc) is 2.80. The Kier molecular flexibility index (Phi) is 2.63. The van der Waals surface area contributed by atoms with E-state index in [9.17, 15) is 4.79 Å². The molecule has 0 amide bonds. The number of carbonyl (C=O) groups excluding carboxylic acids is 1. The molecule has 0 aliphatic heterocycles. The quantitative estimate of drug-likeness (QED) is 0.658. The van der Waals surface area contributed by atoms with Crippen LogP contribution in [-0.2, 0) is 7.05 Å². The largest absolute Gasteiger partial charge is 0.293 e. The summed E-state index contributed by atoms with van der Waals surface area (Å²) in [4.78, 5) is 16.1. The SMILES string of the molecule is CC(=O)c1c(-c2cnc3ccccc3c2)cnn1C.